The molecular weight excluding hydrogens is 355 g/mol. The van der Waals surface area contributed by atoms with Crippen LogP contribution < -0.4 is 5.32 Å². The molecule has 1 aliphatic rings. The Morgan fingerprint density at radius 2 is 1.87 bits per heavy atom. The van der Waals surface area contributed by atoms with Gasteiger partial charge in [0.15, 0.2) is 0 Å². The lowest BCUT2D eigenvalue weighted by molar-refractivity contribution is -0.115. The Bertz CT molecular complexity index is 871. The van der Waals surface area contributed by atoms with E-state index < -0.39 is 0 Å². The van der Waals surface area contributed by atoms with Crippen molar-refractivity contribution in [3.63, 3.8) is 0 Å². The summed E-state index contributed by atoms with van der Waals surface area (Å²) in [6, 6.07) is 7.38. The van der Waals surface area contributed by atoms with E-state index >= 15 is 0 Å². The molecule has 0 aliphatic carbocycles. The van der Waals surface area contributed by atoms with E-state index in [2.05, 4.69) is 5.32 Å². The van der Waals surface area contributed by atoms with Crippen molar-refractivity contribution >= 4 is 52.2 Å². The minimum absolute atomic E-state index is 0.348. The van der Waals surface area contributed by atoms with Gasteiger partial charge in [-0.25, -0.2) is 0 Å². The Morgan fingerprint density at radius 1 is 1.13 bits per heavy atom. The van der Waals surface area contributed by atoms with Gasteiger partial charge in [0.05, 0.1) is 15.0 Å². The van der Waals surface area contributed by atoms with Crippen LogP contribution in [0.15, 0.2) is 29.2 Å². The molecule has 3 rings (SSSR count). The summed E-state index contributed by atoms with van der Waals surface area (Å²) < 4.78 is 2.02. The average Bonchev–Trinajstić information content (AvgIpc) is 2.93. The number of hydrogen-bond donors (Lipinski definition) is 1. The molecule has 0 atom stereocenters. The molecule has 0 bridgehead atoms. The van der Waals surface area contributed by atoms with Crippen molar-refractivity contribution in [3.05, 3.63) is 56.2 Å². The summed E-state index contributed by atoms with van der Waals surface area (Å²) in [6.45, 7) is 3.91. The lowest BCUT2D eigenvalue weighted by Crippen LogP contribution is -2.17. The lowest BCUT2D eigenvalue weighted by Gasteiger charge is -2.10. The normalized spacial score (nSPS) is 16.3. The number of imide groups is 1. The molecule has 23 heavy (non-hydrogen) atoms. The number of carbonyl (C=O) groups excluding carboxylic acids is 2. The van der Waals surface area contributed by atoms with Gasteiger partial charge in [-0.05, 0) is 61.5 Å². The first-order valence-corrected chi connectivity index (χ1v) is 8.33. The highest BCUT2D eigenvalue weighted by molar-refractivity contribution is 8.18. The number of benzene rings is 1. The SMILES string of the molecule is Cc1cc(/C=C2/SC(=O)NC2=O)c(C)n1-c1ccc(Cl)c(Cl)c1. The highest BCUT2D eigenvalue weighted by Gasteiger charge is 2.25. The summed E-state index contributed by atoms with van der Waals surface area (Å²) in [5.41, 5.74) is 3.70. The van der Waals surface area contributed by atoms with Crippen molar-refractivity contribution in [3.8, 4) is 5.69 Å². The molecule has 0 unspecified atom stereocenters. The summed E-state index contributed by atoms with van der Waals surface area (Å²) in [5, 5.41) is 2.88. The number of nitrogens with one attached hydrogen (secondary N) is 1. The Labute approximate surface area is 147 Å². The molecule has 1 aromatic heterocycles. The fourth-order valence-electron chi connectivity index (χ4n) is 2.52. The monoisotopic (exact) mass is 366 g/mol. The Morgan fingerprint density at radius 3 is 2.48 bits per heavy atom. The average molecular weight is 367 g/mol. The van der Waals surface area contributed by atoms with Gasteiger partial charge < -0.3 is 4.57 Å². The van der Waals surface area contributed by atoms with Crippen molar-refractivity contribution in [1.82, 2.24) is 9.88 Å². The molecule has 1 aromatic carbocycles. The third kappa shape index (κ3) is 3.04. The number of halogens is 2. The maximum absolute atomic E-state index is 11.7. The molecule has 1 fully saturated rings. The summed E-state index contributed by atoms with van der Waals surface area (Å²) >= 11 is 13.0. The van der Waals surface area contributed by atoms with E-state index in [1.807, 2.05) is 30.5 Å². The minimum atomic E-state index is -0.362. The maximum Gasteiger partial charge on any atom is 0.290 e. The second kappa shape index (κ2) is 6.07. The Balaban J connectivity index is 2.06. The van der Waals surface area contributed by atoms with Crippen LogP contribution in [-0.4, -0.2) is 15.7 Å². The highest BCUT2D eigenvalue weighted by Crippen LogP contribution is 2.30. The predicted octanol–water partition coefficient (Wildman–Crippen LogP) is 4.72. The molecule has 2 heterocycles. The zero-order valence-electron chi connectivity index (χ0n) is 12.3. The first-order valence-electron chi connectivity index (χ1n) is 6.76. The van der Waals surface area contributed by atoms with E-state index in [4.69, 9.17) is 23.2 Å². The summed E-state index contributed by atoms with van der Waals surface area (Å²) in [7, 11) is 0. The number of amides is 2. The molecule has 1 aliphatic heterocycles. The lowest BCUT2D eigenvalue weighted by atomic mass is 10.2. The number of thioether (sulfide) groups is 1. The topological polar surface area (TPSA) is 51.1 Å². The zero-order valence-corrected chi connectivity index (χ0v) is 14.6. The van der Waals surface area contributed by atoms with Gasteiger partial charge in [0, 0.05) is 17.1 Å². The highest BCUT2D eigenvalue weighted by atomic mass is 35.5. The number of carbonyl (C=O) groups is 2. The first-order chi connectivity index (χ1) is 10.9. The van der Waals surface area contributed by atoms with Gasteiger partial charge in [-0.2, -0.15) is 0 Å². The van der Waals surface area contributed by atoms with Crippen molar-refractivity contribution < 1.29 is 9.59 Å². The first kappa shape index (κ1) is 16.2. The van der Waals surface area contributed by atoms with Gasteiger partial charge in [0.25, 0.3) is 11.1 Å². The molecule has 0 saturated carbocycles. The second-order valence-electron chi connectivity index (χ2n) is 5.11. The Hall–Kier alpha value is -1.69. The standard InChI is InChI=1S/C16H12Cl2N2O2S/c1-8-5-10(6-14-15(21)19-16(22)23-14)9(2)20(8)11-3-4-12(17)13(18)7-11/h3-7H,1-2H3,(H,19,21,22)/b14-6+. The van der Waals surface area contributed by atoms with Crippen LogP contribution in [0, 0.1) is 13.8 Å². The van der Waals surface area contributed by atoms with Gasteiger partial charge in [-0.1, -0.05) is 23.2 Å². The molecule has 2 amide bonds. The molecule has 118 valence electrons. The van der Waals surface area contributed by atoms with Gasteiger partial charge >= 0.3 is 0 Å². The van der Waals surface area contributed by atoms with Gasteiger partial charge in [0.2, 0.25) is 0 Å². The summed E-state index contributed by atoms with van der Waals surface area (Å²) in [6.07, 6.45) is 1.72. The van der Waals surface area contributed by atoms with Crippen LogP contribution in [0.4, 0.5) is 4.79 Å². The largest absolute Gasteiger partial charge is 0.318 e. The van der Waals surface area contributed by atoms with Crippen molar-refractivity contribution in [1.29, 1.82) is 0 Å². The zero-order chi connectivity index (χ0) is 16.7. The number of nitrogens with zero attached hydrogens (tertiary/aromatic N) is 1. The number of aryl methyl sites for hydroxylation is 1. The minimum Gasteiger partial charge on any atom is -0.318 e. The third-order valence-electron chi connectivity index (χ3n) is 3.56. The molecule has 2 aromatic rings. The summed E-state index contributed by atoms with van der Waals surface area (Å²) in [4.78, 5) is 23.3. The number of aromatic nitrogens is 1. The van der Waals surface area contributed by atoms with Crippen LogP contribution in [0.3, 0.4) is 0 Å². The molecule has 1 saturated heterocycles. The van der Waals surface area contributed by atoms with Crippen LogP contribution in [0.1, 0.15) is 17.0 Å². The quantitative estimate of drug-likeness (QED) is 0.781. The second-order valence-corrected chi connectivity index (χ2v) is 6.94. The van der Waals surface area contributed by atoms with Crippen LogP contribution in [0.2, 0.25) is 10.0 Å². The fourth-order valence-corrected chi connectivity index (χ4v) is 3.48. The predicted molar refractivity (Wildman–Crippen MR) is 94.4 cm³/mol. The van der Waals surface area contributed by atoms with Crippen LogP contribution >= 0.6 is 35.0 Å². The van der Waals surface area contributed by atoms with Gasteiger partial charge in [-0.15, -0.1) is 0 Å². The van der Waals surface area contributed by atoms with E-state index in [9.17, 15) is 9.59 Å². The fraction of sp³-hybridized carbons (Fsp3) is 0.125. The van der Waals surface area contributed by atoms with E-state index in [-0.39, 0.29) is 11.1 Å². The van der Waals surface area contributed by atoms with E-state index in [1.165, 1.54) is 0 Å². The van der Waals surface area contributed by atoms with E-state index in [0.29, 0.717) is 15.0 Å². The smallest absolute Gasteiger partial charge is 0.290 e. The van der Waals surface area contributed by atoms with E-state index in [1.54, 1.807) is 18.2 Å². The number of rotatable bonds is 2. The third-order valence-corrected chi connectivity index (χ3v) is 5.11. The van der Waals surface area contributed by atoms with Crippen LogP contribution in [-0.2, 0) is 4.79 Å². The maximum atomic E-state index is 11.7. The molecule has 4 nitrogen and oxygen atoms in total. The molecule has 0 spiro atoms. The Kier molecular flexibility index (Phi) is 4.27. The summed E-state index contributed by atoms with van der Waals surface area (Å²) in [5.74, 6) is -0.362. The molecular formula is C16H12Cl2N2O2S. The van der Waals surface area contributed by atoms with Crippen molar-refractivity contribution in [2.75, 3.05) is 0 Å². The van der Waals surface area contributed by atoms with Crippen molar-refractivity contribution in [2.24, 2.45) is 0 Å². The molecule has 0 radical (unpaired) electrons. The van der Waals surface area contributed by atoms with Crippen LogP contribution in [0.5, 0.6) is 0 Å². The molecule has 7 heteroatoms. The van der Waals surface area contributed by atoms with Gasteiger partial charge in [0.1, 0.15) is 0 Å². The molecule has 1 N–H and O–H groups in total. The van der Waals surface area contributed by atoms with E-state index in [0.717, 1.165) is 34.4 Å². The van der Waals surface area contributed by atoms with Crippen molar-refractivity contribution in [2.45, 2.75) is 13.8 Å². The van der Waals surface area contributed by atoms with Gasteiger partial charge in [-0.3, -0.25) is 14.9 Å². The number of hydrogen-bond acceptors (Lipinski definition) is 3. The van der Waals surface area contributed by atoms with Crippen LogP contribution in [0.25, 0.3) is 11.8 Å².